The van der Waals surface area contributed by atoms with Crippen LogP contribution in [0.1, 0.15) is 5.56 Å². The zero-order valence-electron chi connectivity index (χ0n) is 6.74. The number of carbonyl (C=O) groups is 1. The van der Waals surface area contributed by atoms with Crippen molar-refractivity contribution in [2.75, 3.05) is 5.75 Å². The maximum absolute atomic E-state index is 12.6. The topological polar surface area (TPSA) is 50.2 Å². The van der Waals surface area contributed by atoms with E-state index in [0.717, 1.165) is 6.20 Å². The summed E-state index contributed by atoms with van der Waals surface area (Å²) in [7, 11) is 0. The van der Waals surface area contributed by atoms with Crippen LogP contribution >= 0.6 is 11.8 Å². The molecule has 0 aliphatic rings. The number of hydrogen-bond acceptors (Lipinski definition) is 3. The molecule has 3 nitrogen and oxygen atoms in total. The van der Waals surface area contributed by atoms with Crippen molar-refractivity contribution in [3.63, 3.8) is 0 Å². The molecule has 1 aromatic rings. The van der Waals surface area contributed by atoms with Crippen molar-refractivity contribution >= 4 is 17.7 Å². The summed E-state index contributed by atoms with van der Waals surface area (Å²) in [5.41, 5.74) is 0.700. The summed E-state index contributed by atoms with van der Waals surface area (Å²) in [5.74, 6) is -0.768. The van der Waals surface area contributed by atoms with Crippen molar-refractivity contribution in [3.8, 4) is 0 Å². The average Bonchev–Trinajstić information content (AvgIpc) is 2.03. The first kappa shape index (κ1) is 9.98. The Hall–Kier alpha value is -1.10. The number of carboxylic acids is 1. The first-order chi connectivity index (χ1) is 6.18. The molecule has 0 aromatic carbocycles. The van der Waals surface area contributed by atoms with Crippen molar-refractivity contribution in [2.45, 2.75) is 5.75 Å². The van der Waals surface area contributed by atoms with Crippen molar-refractivity contribution in [2.24, 2.45) is 0 Å². The van der Waals surface area contributed by atoms with Gasteiger partial charge in [-0.2, -0.15) is 0 Å². The number of aromatic nitrogens is 1. The van der Waals surface area contributed by atoms with Gasteiger partial charge in [-0.3, -0.25) is 9.78 Å². The van der Waals surface area contributed by atoms with E-state index < -0.39 is 11.8 Å². The molecular weight excluding hydrogens is 193 g/mol. The van der Waals surface area contributed by atoms with Gasteiger partial charge in [0.15, 0.2) is 0 Å². The lowest BCUT2D eigenvalue weighted by Gasteiger charge is -1.98. The van der Waals surface area contributed by atoms with Crippen LogP contribution in [-0.2, 0) is 10.5 Å². The largest absolute Gasteiger partial charge is 0.481 e. The quantitative estimate of drug-likeness (QED) is 0.802. The van der Waals surface area contributed by atoms with Crippen molar-refractivity contribution in [3.05, 3.63) is 29.8 Å². The van der Waals surface area contributed by atoms with Gasteiger partial charge < -0.3 is 5.11 Å². The van der Waals surface area contributed by atoms with E-state index in [1.807, 2.05) is 0 Å². The highest BCUT2D eigenvalue weighted by molar-refractivity contribution is 7.99. The van der Waals surface area contributed by atoms with E-state index >= 15 is 0 Å². The summed E-state index contributed by atoms with van der Waals surface area (Å²) in [6.07, 6.45) is 2.64. The van der Waals surface area contributed by atoms with Crippen LogP contribution in [0.4, 0.5) is 4.39 Å². The number of halogens is 1. The van der Waals surface area contributed by atoms with Gasteiger partial charge in [-0.05, 0) is 11.6 Å². The molecule has 13 heavy (non-hydrogen) atoms. The number of thioether (sulfide) groups is 1. The summed E-state index contributed by atoms with van der Waals surface area (Å²) in [6.45, 7) is 0. The molecule has 1 heterocycles. The second-order valence-corrected chi connectivity index (χ2v) is 3.38. The Morgan fingerprint density at radius 3 is 3.00 bits per heavy atom. The third-order valence-electron chi connectivity index (χ3n) is 1.26. The monoisotopic (exact) mass is 201 g/mol. The summed E-state index contributed by atoms with van der Waals surface area (Å²) >= 11 is 1.22. The summed E-state index contributed by atoms with van der Waals surface area (Å²) < 4.78 is 12.6. The molecule has 0 aliphatic carbocycles. The van der Waals surface area contributed by atoms with E-state index in [9.17, 15) is 9.18 Å². The SMILES string of the molecule is O=C(O)CSCc1cncc(F)c1. The smallest absolute Gasteiger partial charge is 0.313 e. The minimum atomic E-state index is -0.866. The standard InChI is InChI=1S/C8H8FNO2S/c9-7-1-6(2-10-3-7)4-13-5-8(11)12/h1-3H,4-5H2,(H,11,12). The van der Waals surface area contributed by atoms with E-state index in [2.05, 4.69) is 4.98 Å². The predicted octanol–water partition coefficient (Wildman–Crippen LogP) is 1.54. The van der Waals surface area contributed by atoms with E-state index in [-0.39, 0.29) is 5.75 Å². The Morgan fingerprint density at radius 2 is 2.38 bits per heavy atom. The number of aliphatic carboxylic acids is 1. The second kappa shape index (κ2) is 4.81. The van der Waals surface area contributed by atoms with E-state index in [4.69, 9.17) is 5.11 Å². The van der Waals surface area contributed by atoms with Gasteiger partial charge in [0, 0.05) is 11.9 Å². The van der Waals surface area contributed by atoms with Crippen LogP contribution in [0.5, 0.6) is 0 Å². The Bertz CT molecular complexity index is 306. The van der Waals surface area contributed by atoms with Crippen molar-refractivity contribution in [1.29, 1.82) is 0 Å². The predicted molar refractivity (Wildman–Crippen MR) is 48.0 cm³/mol. The molecule has 0 saturated carbocycles. The van der Waals surface area contributed by atoms with Crippen LogP contribution in [0, 0.1) is 5.82 Å². The highest BCUT2D eigenvalue weighted by Crippen LogP contribution is 2.11. The molecule has 0 atom stereocenters. The van der Waals surface area contributed by atoms with Gasteiger partial charge in [-0.1, -0.05) is 0 Å². The Balaban J connectivity index is 2.41. The highest BCUT2D eigenvalue weighted by atomic mass is 32.2. The molecule has 0 bridgehead atoms. The molecule has 0 amide bonds. The number of pyridine rings is 1. The molecule has 70 valence electrons. The third kappa shape index (κ3) is 3.89. The Morgan fingerprint density at radius 1 is 1.62 bits per heavy atom. The summed E-state index contributed by atoms with van der Waals surface area (Å²) in [5, 5.41) is 8.34. The lowest BCUT2D eigenvalue weighted by molar-refractivity contribution is -0.133. The maximum Gasteiger partial charge on any atom is 0.313 e. The molecule has 0 aliphatic heterocycles. The van der Waals surface area contributed by atoms with Gasteiger partial charge in [0.25, 0.3) is 0 Å². The van der Waals surface area contributed by atoms with Crippen LogP contribution in [0.2, 0.25) is 0 Å². The summed E-state index contributed by atoms with van der Waals surface area (Å²) in [6, 6.07) is 1.35. The molecular formula is C8H8FNO2S. The van der Waals surface area contributed by atoms with Crippen molar-refractivity contribution < 1.29 is 14.3 Å². The van der Waals surface area contributed by atoms with Gasteiger partial charge in [-0.25, -0.2) is 4.39 Å². The zero-order chi connectivity index (χ0) is 9.68. The number of hydrogen-bond donors (Lipinski definition) is 1. The van der Waals surface area contributed by atoms with Crippen LogP contribution in [0.25, 0.3) is 0 Å². The molecule has 1 aromatic heterocycles. The van der Waals surface area contributed by atoms with Crippen LogP contribution in [-0.4, -0.2) is 21.8 Å². The normalized spacial score (nSPS) is 9.92. The fraction of sp³-hybridized carbons (Fsp3) is 0.250. The maximum atomic E-state index is 12.6. The first-order valence-electron chi connectivity index (χ1n) is 3.57. The minimum absolute atomic E-state index is 0.0243. The molecule has 0 unspecified atom stereocenters. The highest BCUT2D eigenvalue weighted by Gasteiger charge is 1.99. The van der Waals surface area contributed by atoms with Gasteiger partial charge in [0.2, 0.25) is 0 Å². The zero-order valence-corrected chi connectivity index (χ0v) is 7.55. The average molecular weight is 201 g/mol. The second-order valence-electron chi connectivity index (χ2n) is 2.40. The molecule has 1 N–H and O–H groups in total. The van der Waals surface area contributed by atoms with Gasteiger partial charge in [-0.15, -0.1) is 11.8 Å². The Kier molecular flexibility index (Phi) is 3.70. The molecule has 5 heteroatoms. The molecule has 1 rings (SSSR count). The Labute approximate surface area is 79.0 Å². The fourth-order valence-corrected chi connectivity index (χ4v) is 1.46. The minimum Gasteiger partial charge on any atom is -0.481 e. The lowest BCUT2D eigenvalue weighted by Crippen LogP contribution is -1.98. The van der Waals surface area contributed by atoms with E-state index in [0.29, 0.717) is 11.3 Å². The lowest BCUT2D eigenvalue weighted by atomic mass is 10.3. The van der Waals surface area contributed by atoms with E-state index in [1.165, 1.54) is 24.0 Å². The fourth-order valence-electron chi connectivity index (χ4n) is 0.791. The summed E-state index contributed by atoms with van der Waals surface area (Å²) in [4.78, 5) is 13.8. The molecule has 0 saturated heterocycles. The number of rotatable bonds is 4. The van der Waals surface area contributed by atoms with Crippen LogP contribution < -0.4 is 0 Å². The third-order valence-corrected chi connectivity index (χ3v) is 2.24. The molecule has 0 spiro atoms. The van der Waals surface area contributed by atoms with Gasteiger partial charge >= 0.3 is 5.97 Å². The molecule has 0 radical (unpaired) electrons. The number of carboxylic acid groups (broad SMARTS) is 1. The van der Waals surface area contributed by atoms with Gasteiger partial charge in [0.05, 0.1) is 11.9 Å². The van der Waals surface area contributed by atoms with E-state index in [1.54, 1.807) is 0 Å². The van der Waals surface area contributed by atoms with Crippen molar-refractivity contribution in [1.82, 2.24) is 4.98 Å². The number of nitrogens with zero attached hydrogens (tertiary/aromatic N) is 1. The molecule has 0 fully saturated rings. The van der Waals surface area contributed by atoms with Gasteiger partial charge in [0.1, 0.15) is 5.82 Å². The first-order valence-corrected chi connectivity index (χ1v) is 4.73. The van der Waals surface area contributed by atoms with Crippen LogP contribution in [0.15, 0.2) is 18.5 Å². The van der Waals surface area contributed by atoms with Crippen LogP contribution in [0.3, 0.4) is 0 Å².